The van der Waals surface area contributed by atoms with Crippen LogP contribution in [-0.4, -0.2) is 23.0 Å². The fraction of sp³-hybridized carbons (Fsp3) is 0.375. The monoisotopic (exact) mass is 353 g/mol. The minimum atomic E-state index is -0.808. The summed E-state index contributed by atoms with van der Waals surface area (Å²) < 4.78 is 0.945. The molecule has 0 aliphatic rings. The molecule has 0 aliphatic heterocycles. The van der Waals surface area contributed by atoms with Gasteiger partial charge in [0.25, 0.3) is 0 Å². The first-order valence-corrected chi connectivity index (χ1v) is 7.64. The van der Waals surface area contributed by atoms with Gasteiger partial charge in [0.1, 0.15) is 0 Å². The third-order valence-electron chi connectivity index (χ3n) is 2.99. The van der Waals surface area contributed by atoms with Crippen LogP contribution in [0.1, 0.15) is 37.3 Å². The van der Waals surface area contributed by atoms with Gasteiger partial charge in [-0.15, -0.1) is 0 Å². The van der Waals surface area contributed by atoms with Crippen LogP contribution in [0, 0.1) is 6.92 Å². The van der Waals surface area contributed by atoms with E-state index < -0.39 is 5.97 Å². The van der Waals surface area contributed by atoms with Crippen LogP contribution in [0.5, 0.6) is 0 Å². The van der Waals surface area contributed by atoms with Gasteiger partial charge in [-0.2, -0.15) is 0 Å². The van der Waals surface area contributed by atoms with E-state index in [9.17, 15) is 9.59 Å². The lowest BCUT2D eigenvalue weighted by Crippen LogP contribution is -2.31. The average Bonchev–Trinajstić information content (AvgIpc) is 2.37. The highest BCUT2D eigenvalue weighted by molar-refractivity contribution is 9.10. The van der Waals surface area contributed by atoms with E-state index in [1.54, 1.807) is 6.08 Å². The third kappa shape index (κ3) is 7.09. The second-order valence-corrected chi connectivity index (χ2v) is 5.91. The molecular formula is C16H20BrNO3. The molecule has 0 saturated heterocycles. The maximum absolute atomic E-state index is 11.8. The molecule has 1 atom stereocenters. The largest absolute Gasteiger partial charge is 0.481 e. The van der Waals surface area contributed by atoms with Crippen molar-refractivity contribution >= 4 is 33.9 Å². The Morgan fingerprint density at radius 2 is 2.14 bits per heavy atom. The quantitative estimate of drug-likeness (QED) is 0.736. The zero-order chi connectivity index (χ0) is 15.8. The van der Waals surface area contributed by atoms with Gasteiger partial charge >= 0.3 is 5.97 Å². The van der Waals surface area contributed by atoms with Gasteiger partial charge in [0, 0.05) is 23.0 Å². The van der Waals surface area contributed by atoms with Crippen molar-refractivity contribution < 1.29 is 14.7 Å². The summed E-state index contributed by atoms with van der Waals surface area (Å²) in [6.07, 6.45) is 4.59. The van der Waals surface area contributed by atoms with Crippen molar-refractivity contribution in [3.05, 3.63) is 39.9 Å². The van der Waals surface area contributed by atoms with E-state index >= 15 is 0 Å². The Kier molecular flexibility index (Phi) is 7.15. The molecule has 5 heteroatoms. The Hall–Kier alpha value is -1.62. The third-order valence-corrected chi connectivity index (χ3v) is 3.67. The molecule has 1 amide bonds. The summed E-state index contributed by atoms with van der Waals surface area (Å²) in [4.78, 5) is 22.2. The van der Waals surface area contributed by atoms with Gasteiger partial charge in [0.2, 0.25) is 5.91 Å². The Morgan fingerprint density at radius 1 is 1.43 bits per heavy atom. The Morgan fingerprint density at radius 3 is 2.76 bits per heavy atom. The van der Waals surface area contributed by atoms with Crippen LogP contribution >= 0.6 is 15.9 Å². The van der Waals surface area contributed by atoms with Gasteiger partial charge in [-0.3, -0.25) is 9.59 Å². The van der Waals surface area contributed by atoms with Gasteiger partial charge in [-0.25, -0.2) is 0 Å². The van der Waals surface area contributed by atoms with Crippen LogP contribution < -0.4 is 5.32 Å². The number of nitrogens with one attached hydrogen (secondary N) is 1. The zero-order valence-corrected chi connectivity index (χ0v) is 13.8. The summed E-state index contributed by atoms with van der Waals surface area (Å²) in [5.41, 5.74) is 2.09. The number of amides is 1. The van der Waals surface area contributed by atoms with Crippen molar-refractivity contribution in [2.45, 2.75) is 39.2 Å². The minimum absolute atomic E-state index is 0.0389. The number of halogens is 1. The van der Waals surface area contributed by atoms with Crippen LogP contribution in [0.25, 0.3) is 6.08 Å². The molecule has 0 radical (unpaired) electrons. The maximum Gasteiger partial charge on any atom is 0.303 e. The Labute approximate surface area is 133 Å². The Bertz CT molecular complexity index is 540. The number of carbonyl (C=O) groups is 2. The average molecular weight is 354 g/mol. The molecule has 0 saturated carbocycles. The molecule has 0 bridgehead atoms. The molecule has 2 N–H and O–H groups in total. The molecule has 1 aromatic carbocycles. The predicted molar refractivity (Wildman–Crippen MR) is 87.0 cm³/mol. The van der Waals surface area contributed by atoms with Crippen LogP contribution in [0.15, 0.2) is 28.7 Å². The van der Waals surface area contributed by atoms with Gasteiger partial charge in [-0.1, -0.05) is 28.1 Å². The van der Waals surface area contributed by atoms with Crippen LogP contribution in [0.2, 0.25) is 0 Å². The summed E-state index contributed by atoms with van der Waals surface area (Å²) in [6, 6.07) is 5.88. The zero-order valence-electron chi connectivity index (χ0n) is 12.2. The number of aryl methyl sites for hydroxylation is 1. The van der Waals surface area contributed by atoms with E-state index in [0.29, 0.717) is 12.8 Å². The van der Waals surface area contributed by atoms with E-state index in [1.807, 2.05) is 32.0 Å². The number of rotatable bonds is 7. The second-order valence-electron chi connectivity index (χ2n) is 5.05. The number of carbonyl (C=O) groups excluding carboxylic acids is 1. The summed E-state index contributed by atoms with van der Waals surface area (Å²) in [5, 5.41) is 11.4. The topological polar surface area (TPSA) is 66.4 Å². The number of benzene rings is 1. The molecule has 0 aliphatic carbocycles. The molecule has 0 spiro atoms. The van der Waals surface area contributed by atoms with Crippen molar-refractivity contribution in [2.24, 2.45) is 0 Å². The summed E-state index contributed by atoms with van der Waals surface area (Å²) >= 11 is 3.46. The van der Waals surface area contributed by atoms with E-state index in [-0.39, 0.29) is 18.4 Å². The maximum atomic E-state index is 11.8. The smallest absolute Gasteiger partial charge is 0.303 e. The lowest BCUT2D eigenvalue weighted by atomic mass is 10.1. The van der Waals surface area contributed by atoms with Crippen molar-refractivity contribution in [1.29, 1.82) is 0 Å². The molecule has 1 aromatic rings. The van der Waals surface area contributed by atoms with Crippen LogP contribution in [-0.2, 0) is 9.59 Å². The second kappa shape index (κ2) is 8.62. The molecule has 1 unspecified atom stereocenters. The highest BCUT2D eigenvalue weighted by Crippen LogP contribution is 2.19. The van der Waals surface area contributed by atoms with Crippen LogP contribution in [0.3, 0.4) is 0 Å². The molecule has 114 valence electrons. The first-order valence-electron chi connectivity index (χ1n) is 6.85. The molecular weight excluding hydrogens is 334 g/mol. The highest BCUT2D eigenvalue weighted by atomic mass is 79.9. The number of aliphatic carboxylic acids is 1. The molecule has 4 nitrogen and oxygen atoms in total. The van der Waals surface area contributed by atoms with Gasteiger partial charge in [0.15, 0.2) is 0 Å². The molecule has 0 heterocycles. The summed E-state index contributed by atoms with van der Waals surface area (Å²) in [5.74, 6) is -0.983. The standard InChI is InChI=1S/C16H20BrNO3/c1-11-6-7-13(14(17)10-11)8-9-15(19)18-12(2)4-3-5-16(20)21/h6-10,12H,3-5H2,1-2H3,(H,18,19)(H,20,21)/b9-8+. The normalized spacial score (nSPS) is 12.3. The predicted octanol–water partition coefficient (Wildman–Crippen LogP) is 3.53. The number of carboxylic acid groups (broad SMARTS) is 1. The van der Waals surface area contributed by atoms with E-state index in [4.69, 9.17) is 5.11 Å². The minimum Gasteiger partial charge on any atom is -0.481 e. The van der Waals surface area contributed by atoms with Gasteiger partial charge in [-0.05, 0) is 50.0 Å². The van der Waals surface area contributed by atoms with Crippen molar-refractivity contribution in [1.82, 2.24) is 5.32 Å². The first kappa shape index (κ1) is 17.4. The fourth-order valence-electron chi connectivity index (χ4n) is 1.86. The number of carboxylic acids is 1. The van der Waals surface area contributed by atoms with E-state index in [2.05, 4.69) is 21.2 Å². The molecule has 0 aromatic heterocycles. The van der Waals surface area contributed by atoms with E-state index in [0.717, 1.165) is 15.6 Å². The fourth-order valence-corrected chi connectivity index (χ4v) is 2.48. The van der Waals surface area contributed by atoms with Gasteiger partial charge in [0.05, 0.1) is 0 Å². The molecule has 21 heavy (non-hydrogen) atoms. The van der Waals surface area contributed by atoms with E-state index in [1.165, 1.54) is 6.08 Å². The molecule has 1 rings (SSSR count). The first-order chi connectivity index (χ1) is 9.88. The number of hydrogen-bond donors (Lipinski definition) is 2. The van der Waals surface area contributed by atoms with Crippen molar-refractivity contribution in [3.8, 4) is 0 Å². The lowest BCUT2D eigenvalue weighted by Gasteiger charge is -2.11. The van der Waals surface area contributed by atoms with Crippen molar-refractivity contribution in [3.63, 3.8) is 0 Å². The Balaban J connectivity index is 2.45. The van der Waals surface area contributed by atoms with Crippen molar-refractivity contribution in [2.75, 3.05) is 0 Å². The van der Waals surface area contributed by atoms with Gasteiger partial charge < -0.3 is 10.4 Å². The highest BCUT2D eigenvalue weighted by Gasteiger charge is 2.06. The SMILES string of the molecule is Cc1ccc(/C=C/C(=O)NC(C)CCCC(=O)O)c(Br)c1. The molecule has 0 fully saturated rings. The van der Waals surface area contributed by atoms with Crippen LogP contribution in [0.4, 0.5) is 0 Å². The number of hydrogen-bond acceptors (Lipinski definition) is 2. The summed E-state index contributed by atoms with van der Waals surface area (Å²) in [6.45, 7) is 3.87. The lowest BCUT2D eigenvalue weighted by molar-refractivity contribution is -0.137. The summed E-state index contributed by atoms with van der Waals surface area (Å²) in [7, 11) is 0.